The van der Waals surface area contributed by atoms with Crippen LogP contribution >= 0.6 is 0 Å². The number of carbonyl (C=O) groups is 2. The van der Waals surface area contributed by atoms with Gasteiger partial charge < -0.3 is 28.5 Å². The third-order valence-corrected chi connectivity index (χ3v) is 6.31. The molecular weight excluding hydrogens is 528 g/mol. The topological polar surface area (TPSA) is 140 Å². The van der Waals surface area contributed by atoms with E-state index in [4.69, 9.17) is 18.3 Å². The van der Waals surface area contributed by atoms with Crippen molar-refractivity contribution in [2.75, 3.05) is 26.8 Å². The van der Waals surface area contributed by atoms with Crippen LogP contribution in [0.4, 0.5) is 4.79 Å². The normalized spacial score (nSPS) is 12.3. The molecule has 0 radical (unpaired) electrons. The number of benzene rings is 2. The molecule has 11 heteroatoms. The smallest absolute Gasteiger partial charge is 0.419 e. The van der Waals surface area contributed by atoms with Gasteiger partial charge in [-0.15, -0.1) is 0 Å². The molecule has 0 saturated heterocycles. The number of nitrogens with zero attached hydrogens (tertiary/aromatic N) is 3. The summed E-state index contributed by atoms with van der Waals surface area (Å²) in [5.41, 5.74) is 3.15. The Morgan fingerprint density at radius 1 is 1.10 bits per heavy atom. The number of nitrogens with one attached hydrogen (secondary N) is 1. The minimum Gasteiger partial charge on any atom is -0.461 e. The van der Waals surface area contributed by atoms with Gasteiger partial charge in [0.2, 0.25) is 5.91 Å². The van der Waals surface area contributed by atoms with Crippen molar-refractivity contribution in [1.82, 2.24) is 14.8 Å². The number of hydrogen-bond donors (Lipinski definition) is 1. The lowest BCUT2D eigenvalue weighted by Gasteiger charge is -2.24. The minimum absolute atomic E-state index is 0.191. The molecule has 0 aliphatic heterocycles. The van der Waals surface area contributed by atoms with Gasteiger partial charge in [-0.1, -0.05) is 12.1 Å². The highest BCUT2D eigenvalue weighted by Gasteiger charge is 2.19. The molecule has 1 unspecified atom stereocenters. The fraction of sp³-hybridized carbons (Fsp3) is 0.400. The molecule has 0 aliphatic rings. The zero-order valence-corrected chi connectivity index (χ0v) is 23.9. The third-order valence-electron chi connectivity index (χ3n) is 6.31. The maximum Gasteiger partial charge on any atom is 0.419 e. The van der Waals surface area contributed by atoms with E-state index in [2.05, 4.69) is 11.4 Å². The Morgan fingerprint density at radius 2 is 1.80 bits per heavy atom. The third kappa shape index (κ3) is 7.55. The molecule has 0 bridgehead atoms. The van der Waals surface area contributed by atoms with Crippen LogP contribution in [-0.2, 0) is 27.7 Å². The van der Waals surface area contributed by atoms with Crippen molar-refractivity contribution in [3.8, 4) is 17.2 Å². The van der Waals surface area contributed by atoms with Crippen LogP contribution in [0, 0.1) is 11.3 Å². The number of rotatable bonds is 10. The van der Waals surface area contributed by atoms with E-state index in [1.807, 2.05) is 36.4 Å². The van der Waals surface area contributed by atoms with Crippen molar-refractivity contribution in [2.45, 2.75) is 45.3 Å². The van der Waals surface area contributed by atoms with Crippen molar-refractivity contribution in [3.63, 3.8) is 0 Å². The first kappa shape index (κ1) is 29.4. The van der Waals surface area contributed by atoms with Crippen LogP contribution in [0.5, 0.6) is 0 Å². The molecule has 4 aromatic rings. The quantitative estimate of drug-likeness (QED) is 0.281. The molecule has 11 nitrogen and oxygen atoms in total. The fourth-order valence-electron chi connectivity index (χ4n) is 4.25. The van der Waals surface area contributed by atoms with Crippen molar-refractivity contribution in [2.24, 2.45) is 7.05 Å². The van der Waals surface area contributed by atoms with Gasteiger partial charge in [-0.2, -0.15) is 5.26 Å². The van der Waals surface area contributed by atoms with Gasteiger partial charge in [-0.05, 0) is 68.7 Å². The van der Waals surface area contributed by atoms with Crippen molar-refractivity contribution >= 4 is 34.1 Å². The van der Waals surface area contributed by atoms with Gasteiger partial charge in [0, 0.05) is 39.1 Å². The fourth-order valence-corrected chi connectivity index (χ4v) is 4.25. The van der Waals surface area contributed by atoms with Crippen molar-refractivity contribution < 1.29 is 27.9 Å². The van der Waals surface area contributed by atoms with Gasteiger partial charge in [0.15, 0.2) is 5.58 Å². The van der Waals surface area contributed by atoms with Gasteiger partial charge >= 0.3 is 11.8 Å². The summed E-state index contributed by atoms with van der Waals surface area (Å²) in [5, 5.41) is 13.1. The number of carbonyl (C=O) groups excluding carboxylic acids is 2. The summed E-state index contributed by atoms with van der Waals surface area (Å²) in [4.78, 5) is 37.6. The summed E-state index contributed by atoms with van der Waals surface area (Å²) in [5.74, 6) is -0.275. The number of hydrogen-bond acceptors (Lipinski definition) is 8. The molecule has 0 spiro atoms. The Morgan fingerprint density at radius 3 is 2.51 bits per heavy atom. The van der Waals surface area contributed by atoms with Crippen LogP contribution < -0.4 is 11.1 Å². The standard InChI is InChI=1S/C30H34N4O7/c1-30(2,3)41-28(36)33(4)11-6-12-38-18-27(35)32-22(17-31)16-23-14-21-13-19(7-9-25(21)39-23)20-8-10-26-24(15-20)34(5)29(37)40-26/h7-10,13-15,22H,6,11-12,16,18H2,1-5H3,(H,32,35). The number of furan rings is 1. The second-order valence-electron chi connectivity index (χ2n) is 10.8. The van der Waals surface area contributed by atoms with Crippen LogP contribution in [0.2, 0.25) is 0 Å². The molecule has 1 atom stereocenters. The number of aryl methyl sites for hydroxylation is 1. The van der Waals surface area contributed by atoms with Gasteiger partial charge in [0.25, 0.3) is 0 Å². The zero-order chi connectivity index (χ0) is 29.7. The van der Waals surface area contributed by atoms with E-state index in [9.17, 15) is 19.6 Å². The first-order valence-corrected chi connectivity index (χ1v) is 13.3. The molecule has 216 valence electrons. The van der Waals surface area contributed by atoms with E-state index in [-0.39, 0.29) is 19.6 Å². The molecule has 0 aliphatic carbocycles. The Kier molecular flexibility index (Phi) is 8.83. The molecule has 41 heavy (non-hydrogen) atoms. The zero-order valence-electron chi connectivity index (χ0n) is 23.9. The lowest BCUT2D eigenvalue weighted by atomic mass is 10.0. The van der Waals surface area contributed by atoms with Crippen LogP contribution in [0.25, 0.3) is 33.2 Å². The predicted octanol–water partition coefficient (Wildman–Crippen LogP) is 4.37. The number of aromatic nitrogens is 1. The number of nitriles is 1. The summed E-state index contributed by atoms with van der Waals surface area (Å²) in [6.45, 7) is 5.89. The van der Waals surface area contributed by atoms with Gasteiger partial charge in [-0.3, -0.25) is 9.36 Å². The number of amides is 2. The molecule has 0 fully saturated rings. The van der Waals surface area contributed by atoms with Crippen LogP contribution in [0.3, 0.4) is 0 Å². The van der Waals surface area contributed by atoms with Gasteiger partial charge in [-0.25, -0.2) is 9.59 Å². The largest absolute Gasteiger partial charge is 0.461 e. The molecule has 2 heterocycles. The second-order valence-corrected chi connectivity index (χ2v) is 10.8. The van der Waals surface area contributed by atoms with Crippen LogP contribution in [0.1, 0.15) is 33.0 Å². The van der Waals surface area contributed by atoms with Gasteiger partial charge in [0.05, 0.1) is 11.6 Å². The highest BCUT2D eigenvalue weighted by molar-refractivity contribution is 5.87. The predicted molar refractivity (Wildman–Crippen MR) is 152 cm³/mol. The Hall–Kier alpha value is -4.56. The molecular formula is C30H34N4O7. The minimum atomic E-state index is -0.797. The Bertz CT molecular complexity index is 1650. The summed E-state index contributed by atoms with van der Waals surface area (Å²) in [6.07, 6.45) is 0.299. The molecule has 0 saturated carbocycles. The van der Waals surface area contributed by atoms with E-state index >= 15 is 0 Å². The molecule has 2 amide bonds. The van der Waals surface area contributed by atoms with E-state index in [0.29, 0.717) is 35.4 Å². The molecule has 4 rings (SSSR count). The average molecular weight is 563 g/mol. The lowest BCUT2D eigenvalue weighted by Crippen LogP contribution is -2.38. The summed E-state index contributed by atoms with van der Waals surface area (Å²) < 4.78 is 23.3. The highest BCUT2D eigenvalue weighted by atomic mass is 16.6. The maximum absolute atomic E-state index is 12.3. The van der Waals surface area contributed by atoms with Crippen LogP contribution in [0.15, 0.2) is 56.1 Å². The van der Waals surface area contributed by atoms with Gasteiger partial charge in [0.1, 0.15) is 29.6 Å². The maximum atomic E-state index is 12.3. The summed E-state index contributed by atoms with van der Waals surface area (Å²) in [6, 6.07) is 14.4. The van der Waals surface area contributed by atoms with Crippen molar-refractivity contribution in [3.05, 3.63) is 58.8 Å². The first-order valence-electron chi connectivity index (χ1n) is 13.3. The summed E-state index contributed by atoms with van der Waals surface area (Å²) in [7, 11) is 3.30. The average Bonchev–Trinajstić information content (AvgIpc) is 3.45. The number of oxazole rings is 1. The van der Waals surface area contributed by atoms with E-state index in [0.717, 1.165) is 16.5 Å². The Balaban J connectivity index is 1.28. The van der Waals surface area contributed by atoms with Crippen molar-refractivity contribution in [1.29, 1.82) is 5.26 Å². The SMILES string of the molecule is CN(CCCOCC(=O)NC(C#N)Cc1cc2cc(-c3ccc4oc(=O)n(C)c4c3)ccc2o1)C(=O)OC(C)(C)C. The molecule has 2 aromatic heterocycles. The second kappa shape index (κ2) is 12.3. The number of fused-ring (bicyclic) bond motifs is 2. The highest BCUT2D eigenvalue weighted by Crippen LogP contribution is 2.29. The van der Waals surface area contributed by atoms with E-state index < -0.39 is 29.4 Å². The van der Waals surface area contributed by atoms with E-state index in [1.54, 1.807) is 40.9 Å². The number of ether oxygens (including phenoxy) is 2. The van der Waals surface area contributed by atoms with E-state index in [1.165, 1.54) is 9.47 Å². The molecule has 1 N–H and O–H groups in total. The van der Waals surface area contributed by atoms with Crippen LogP contribution in [-0.4, -0.2) is 59.9 Å². The monoisotopic (exact) mass is 562 g/mol. The summed E-state index contributed by atoms with van der Waals surface area (Å²) >= 11 is 0. The molecule has 2 aromatic carbocycles. The lowest BCUT2D eigenvalue weighted by molar-refractivity contribution is -0.126. The Labute approximate surface area is 237 Å². The first-order chi connectivity index (χ1) is 19.4.